The molecule has 1 heterocycles. The van der Waals surface area contributed by atoms with E-state index in [4.69, 9.17) is 0 Å². The summed E-state index contributed by atoms with van der Waals surface area (Å²) in [6.45, 7) is 0. The first kappa shape index (κ1) is 22.2. The Morgan fingerprint density at radius 1 is 0.684 bits per heavy atom. The van der Waals surface area contributed by atoms with Gasteiger partial charge in [-0.05, 0) is 47.5 Å². The van der Waals surface area contributed by atoms with E-state index in [1.54, 1.807) is 48.5 Å². The summed E-state index contributed by atoms with van der Waals surface area (Å²) in [6.07, 6.45) is 0. The summed E-state index contributed by atoms with van der Waals surface area (Å²) < 4.78 is 0. The molecule has 4 aromatic carbocycles. The number of hydrogen-bond acceptors (Lipinski definition) is 6. The number of benzene rings is 4. The minimum atomic E-state index is -1.84. The lowest BCUT2D eigenvalue weighted by atomic mass is 9.51. The van der Waals surface area contributed by atoms with Crippen molar-refractivity contribution in [3.05, 3.63) is 135 Å². The van der Waals surface area contributed by atoms with Gasteiger partial charge >= 0.3 is 0 Å². The molecule has 1 saturated heterocycles. The molecule has 2 amide bonds. The minimum absolute atomic E-state index is 0.360. The van der Waals surface area contributed by atoms with Gasteiger partial charge in [0.25, 0.3) is 5.54 Å². The fraction of sp³-hybridized carbons (Fsp3) is 0.133. The van der Waals surface area contributed by atoms with Gasteiger partial charge in [-0.3, -0.25) is 19.7 Å². The van der Waals surface area contributed by atoms with Crippen molar-refractivity contribution in [2.75, 3.05) is 4.90 Å². The van der Waals surface area contributed by atoms with E-state index >= 15 is 0 Å². The molecule has 0 aromatic heterocycles. The Kier molecular flexibility index (Phi) is 4.69. The van der Waals surface area contributed by atoms with Crippen LogP contribution in [0.3, 0.4) is 0 Å². The van der Waals surface area contributed by atoms with Crippen molar-refractivity contribution in [3.63, 3.8) is 0 Å². The Hall–Kier alpha value is -4.98. The maximum Gasteiger partial charge on any atom is 0.285 e. The van der Waals surface area contributed by atoms with Crippen LogP contribution in [-0.4, -0.2) is 16.7 Å². The van der Waals surface area contributed by atoms with Crippen LogP contribution in [0.4, 0.5) is 17.1 Å². The Morgan fingerprint density at radius 2 is 1.21 bits per heavy atom. The van der Waals surface area contributed by atoms with Crippen molar-refractivity contribution in [2.24, 2.45) is 22.1 Å². The molecule has 0 radical (unpaired) electrons. The monoisotopic (exact) mass is 500 g/mol. The van der Waals surface area contributed by atoms with Gasteiger partial charge < -0.3 is 0 Å². The molecule has 2 bridgehead atoms. The van der Waals surface area contributed by atoms with Gasteiger partial charge in [-0.15, -0.1) is 0 Å². The van der Waals surface area contributed by atoms with Gasteiger partial charge in [-0.2, -0.15) is 10.2 Å². The Labute approximate surface area is 217 Å². The zero-order valence-corrected chi connectivity index (χ0v) is 20.0. The third-order valence-corrected chi connectivity index (χ3v) is 8.01. The van der Waals surface area contributed by atoms with Crippen LogP contribution >= 0.6 is 0 Å². The largest absolute Gasteiger partial charge is 0.285 e. The van der Waals surface area contributed by atoms with Crippen molar-refractivity contribution in [1.29, 1.82) is 0 Å². The average molecular weight is 501 g/mol. The summed E-state index contributed by atoms with van der Waals surface area (Å²) in [7, 11) is 0. The van der Waals surface area contributed by atoms with Crippen molar-refractivity contribution in [2.45, 2.75) is 11.5 Å². The summed E-state index contributed by atoms with van der Waals surface area (Å²) in [5, 5.41) is 21.5. The number of nitrogens with zero attached hydrogens (tertiary/aromatic N) is 4. The van der Waals surface area contributed by atoms with Crippen LogP contribution in [0.25, 0.3) is 0 Å². The number of anilines is 1. The number of hydrogen-bond donors (Lipinski definition) is 0. The van der Waals surface area contributed by atoms with Gasteiger partial charge in [0.15, 0.2) is 0 Å². The molecule has 184 valence electrons. The maximum absolute atomic E-state index is 14.0. The molecule has 38 heavy (non-hydrogen) atoms. The van der Waals surface area contributed by atoms with E-state index < -0.39 is 35.1 Å². The van der Waals surface area contributed by atoms with Crippen LogP contribution in [0.15, 0.2) is 113 Å². The molecule has 8 nitrogen and oxygen atoms in total. The molecule has 8 rings (SSSR count). The normalized spacial score (nSPS) is 24.8. The highest BCUT2D eigenvalue weighted by Gasteiger charge is 2.74. The number of carbonyl (C=O) groups is 2. The molecule has 1 fully saturated rings. The number of rotatable bonds is 4. The van der Waals surface area contributed by atoms with Crippen LogP contribution < -0.4 is 4.90 Å². The Bertz CT molecular complexity index is 1620. The Balaban J connectivity index is 1.33. The molecule has 8 heteroatoms. The molecule has 4 aliphatic rings. The molecular formula is C30H20N4O4. The van der Waals surface area contributed by atoms with Gasteiger partial charge in [-0.25, -0.2) is 4.90 Å². The molecule has 0 N–H and O–H groups in total. The fourth-order valence-electron chi connectivity index (χ4n) is 6.57. The van der Waals surface area contributed by atoms with Gasteiger partial charge in [-0.1, -0.05) is 66.7 Å². The van der Waals surface area contributed by atoms with Crippen molar-refractivity contribution >= 4 is 28.9 Å². The van der Waals surface area contributed by atoms with E-state index in [2.05, 4.69) is 10.2 Å². The minimum Gasteiger partial charge on any atom is -0.274 e. The van der Waals surface area contributed by atoms with Gasteiger partial charge in [0.2, 0.25) is 11.8 Å². The van der Waals surface area contributed by atoms with Crippen LogP contribution in [0.5, 0.6) is 0 Å². The molecule has 3 aliphatic carbocycles. The zero-order chi connectivity index (χ0) is 26.0. The number of amides is 2. The lowest BCUT2D eigenvalue weighted by Gasteiger charge is -2.48. The third-order valence-electron chi connectivity index (χ3n) is 8.01. The van der Waals surface area contributed by atoms with Crippen molar-refractivity contribution < 1.29 is 14.5 Å². The predicted octanol–water partition coefficient (Wildman–Crippen LogP) is 5.89. The van der Waals surface area contributed by atoms with Crippen LogP contribution in [0.2, 0.25) is 0 Å². The quantitative estimate of drug-likeness (QED) is 0.151. The van der Waals surface area contributed by atoms with E-state index in [0.717, 1.165) is 16.0 Å². The van der Waals surface area contributed by atoms with E-state index in [1.165, 1.54) is 0 Å². The van der Waals surface area contributed by atoms with E-state index in [9.17, 15) is 19.7 Å². The zero-order valence-electron chi connectivity index (χ0n) is 20.0. The second-order valence-corrected chi connectivity index (χ2v) is 9.74. The van der Waals surface area contributed by atoms with Crippen LogP contribution in [-0.2, 0) is 15.1 Å². The number of nitro groups is 1. The molecule has 4 aromatic rings. The second kappa shape index (κ2) is 8.01. The SMILES string of the molecule is O=C1[C@@H]2C3c4ccccc4C([N+](=O)[O-])(c4ccccc43)[C@@H]2C(=O)N1c1ccc(N=Nc2ccccc2)cc1. The first-order valence-electron chi connectivity index (χ1n) is 12.3. The number of carbonyl (C=O) groups excluding carboxylic acids is 2. The molecule has 1 aliphatic heterocycles. The molecule has 0 spiro atoms. The van der Waals surface area contributed by atoms with Crippen molar-refractivity contribution in [1.82, 2.24) is 0 Å². The summed E-state index contributed by atoms with van der Waals surface area (Å²) in [5.74, 6) is -3.41. The van der Waals surface area contributed by atoms with Gasteiger partial charge in [0.05, 0.1) is 23.0 Å². The topological polar surface area (TPSA) is 105 Å². The lowest BCUT2D eigenvalue weighted by Crippen LogP contribution is -2.57. The lowest BCUT2D eigenvalue weighted by molar-refractivity contribution is -0.578. The molecule has 0 unspecified atom stereocenters. The van der Waals surface area contributed by atoms with Gasteiger partial charge in [0.1, 0.15) is 5.92 Å². The Morgan fingerprint density at radius 3 is 1.79 bits per heavy atom. The number of imide groups is 1. The summed E-state index contributed by atoms with van der Waals surface area (Å²) in [5.41, 5.74) is 2.25. The van der Waals surface area contributed by atoms with Crippen LogP contribution in [0, 0.1) is 22.0 Å². The fourth-order valence-corrected chi connectivity index (χ4v) is 6.57. The highest BCUT2D eigenvalue weighted by Crippen LogP contribution is 2.64. The summed E-state index contributed by atoms with van der Waals surface area (Å²) in [4.78, 5) is 41.8. The molecule has 0 saturated carbocycles. The molecular weight excluding hydrogens is 480 g/mol. The smallest absolute Gasteiger partial charge is 0.274 e. The van der Waals surface area contributed by atoms with E-state index in [-0.39, 0.29) is 4.92 Å². The second-order valence-electron chi connectivity index (χ2n) is 9.74. The summed E-state index contributed by atoms with van der Waals surface area (Å²) in [6, 6.07) is 30.2. The average Bonchev–Trinajstić information content (AvgIpc) is 3.23. The van der Waals surface area contributed by atoms with E-state index in [1.807, 2.05) is 54.6 Å². The van der Waals surface area contributed by atoms with Gasteiger partial charge in [0, 0.05) is 22.0 Å². The van der Waals surface area contributed by atoms with Crippen LogP contribution in [0.1, 0.15) is 28.2 Å². The van der Waals surface area contributed by atoms with E-state index in [0.29, 0.717) is 28.2 Å². The predicted molar refractivity (Wildman–Crippen MR) is 139 cm³/mol. The first-order valence-corrected chi connectivity index (χ1v) is 12.3. The van der Waals surface area contributed by atoms with Crippen molar-refractivity contribution in [3.8, 4) is 0 Å². The summed E-state index contributed by atoms with van der Waals surface area (Å²) >= 11 is 0. The number of azo groups is 1. The standard InChI is InChI=1S/C30H20N4O4/c35-28-26-25-21-10-4-6-12-23(21)30(34(37)38,24-13-7-5-11-22(24)25)27(26)29(36)33(28)20-16-14-19(15-17-20)32-31-18-8-2-1-3-9-18/h1-17,25-27H/t25?,26-,27+,30?/m1/s1. The maximum atomic E-state index is 14.0. The highest BCUT2D eigenvalue weighted by atomic mass is 16.6. The first-order chi connectivity index (χ1) is 18.5. The highest BCUT2D eigenvalue weighted by molar-refractivity contribution is 6.23. The third kappa shape index (κ3) is 2.79. The molecule has 2 atom stereocenters.